The van der Waals surface area contributed by atoms with E-state index in [2.05, 4.69) is 28.3 Å². The Morgan fingerprint density at radius 2 is 2.05 bits per heavy atom. The average molecular weight is 261 g/mol. The zero-order chi connectivity index (χ0) is 13.1. The molecule has 2 aliphatic rings. The van der Waals surface area contributed by atoms with Gasteiger partial charge in [0.05, 0.1) is 6.20 Å². The minimum atomic E-state index is 0.557. The van der Waals surface area contributed by atoms with Crippen LogP contribution in [0.4, 0.5) is 0 Å². The maximum absolute atomic E-state index is 4.42. The molecule has 3 nitrogen and oxygen atoms in total. The van der Waals surface area contributed by atoms with Crippen LogP contribution in [0.3, 0.4) is 0 Å². The smallest absolute Gasteiger partial charge is 0.0540 e. The summed E-state index contributed by atoms with van der Waals surface area (Å²) in [6, 6.07) is 0.557. The van der Waals surface area contributed by atoms with Crippen LogP contribution in [0.25, 0.3) is 0 Å². The molecule has 1 atom stereocenters. The molecule has 0 aliphatic heterocycles. The van der Waals surface area contributed by atoms with Gasteiger partial charge >= 0.3 is 0 Å². The highest BCUT2D eigenvalue weighted by molar-refractivity contribution is 5.24. The molecule has 3 heteroatoms. The van der Waals surface area contributed by atoms with Crippen molar-refractivity contribution in [1.82, 2.24) is 15.1 Å². The van der Waals surface area contributed by atoms with E-state index in [0.717, 1.165) is 5.92 Å². The first kappa shape index (κ1) is 13.2. The summed E-state index contributed by atoms with van der Waals surface area (Å²) in [6.45, 7) is 1.18. The second-order valence-corrected chi connectivity index (χ2v) is 6.36. The van der Waals surface area contributed by atoms with Crippen LogP contribution in [-0.2, 0) is 13.5 Å². The van der Waals surface area contributed by atoms with Gasteiger partial charge in [0.15, 0.2) is 0 Å². The van der Waals surface area contributed by atoms with Crippen molar-refractivity contribution < 1.29 is 0 Å². The predicted molar refractivity (Wildman–Crippen MR) is 78.1 cm³/mol. The maximum Gasteiger partial charge on any atom is 0.0540 e. The average Bonchev–Trinajstić information content (AvgIpc) is 2.83. The minimum Gasteiger partial charge on any atom is -0.310 e. The normalized spacial score (nSPS) is 24.4. The molecule has 0 saturated heterocycles. The van der Waals surface area contributed by atoms with Gasteiger partial charge in [-0.2, -0.15) is 5.10 Å². The molecule has 3 rings (SSSR count). The molecule has 1 aromatic heterocycles. The molecular formula is C16H27N3. The third-order valence-corrected chi connectivity index (χ3v) is 5.04. The Balaban J connectivity index is 1.50. The number of hydrogen-bond donors (Lipinski definition) is 1. The van der Waals surface area contributed by atoms with Crippen LogP contribution in [0.2, 0.25) is 0 Å². The fraction of sp³-hybridized carbons (Fsp3) is 0.812. The molecule has 0 radical (unpaired) electrons. The molecule has 2 aliphatic carbocycles. The van der Waals surface area contributed by atoms with E-state index in [0.29, 0.717) is 6.04 Å². The Morgan fingerprint density at radius 1 is 1.21 bits per heavy atom. The van der Waals surface area contributed by atoms with E-state index in [9.17, 15) is 0 Å². The van der Waals surface area contributed by atoms with Gasteiger partial charge < -0.3 is 5.32 Å². The van der Waals surface area contributed by atoms with E-state index >= 15 is 0 Å². The number of nitrogens with one attached hydrogen (secondary N) is 1. The summed E-state index contributed by atoms with van der Waals surface area (Å²) in [6.07, 6.45) is 14.5. The monoisotopic (exact) mass is 261 g/mol. The molecule has 106 valence electrons. The molecule has 19 heavy (non-hydrogen) atoms. The second kappa shape index (κ2) is 6.08. The van der Waals surface area contributed by atoms with Gasteiger partial charge in [-0.25, -0.2) is 0 Å². The first-order chi connectivity index (χ1) is 9.34. The number of aromatic nitrogens is 2. The van der Waals surface area contributed by atoms with Crippen LogP contribution in [0, 0.1) is 5.92 Å². The van der Waals surface area contributed by atoms with Gasteiger partial charge in [-0.05, 0) is 38.1 Å². The fourth-order valence-corrected chi connectivity index (χ4v) is 3.86. The van der Waals surface area contributed by atoms with Crippen molar-refractivity contribution in [2.45, 2.75) is 63.8 Å². The van der Waals surface area contributed by atoms with E-state index in [1.165, 1.54) is 75.6 Å². The highest BCUT2D eigenvalue weighted by atomic mass is 15.3. The van der Waals surface area contributed by atoms with Crippen LogP contribution in [-0.4, -0.2) is 16.3 Å². The van der Waals surface area contributed by atoms with Crippen LogP contribution in [0.5, 0.6) is 0 Å². The molecule has 0 bridgehead atoms. The molecule has 0 spiro atoms. The SMILES string of the molecule is Cn1ncc2c1CCCC2NCCC1CCCCC1. The fourth-order valence-electron chi connectivity index (χ4n) is 3.86. The first-order valence-corrected chi connectivity index (χ1v) is 8.09. The van der Waals surface area contributed by atoms with Crippen molar-refractivity contribution in [3.8, 4) is 0 Å². The number of fused-ring (bicyclic) bond motifs is 1. The molecule has 0 amide bonds. The summed E-state index contributed by atoms with van der Waals surface area (Å²) in [4.78, 5) is 0. The molecular weight excluding hydrogens is 234 g/mol. The molecule has 0 aromatic carbocycles. The van der Waals surface area contributed by atoms with Crippen LogP contribution in [0.1, 0.15) is 68.7 Å². The summed E-state index contributed by atoms with van der Waals surface area (Å²) in [7, 11) is 2.07. The Labute approximate surface area is 116 Å². The van der Waals surface area contributed by atoms with Gasteiger partial charge in [-0.15, -0.1) is 0 Å². The van der Waals surface area contributed by atoms with Crippen molar-refractivity contribution in [1.29, 1.82) is 0 Å². The number of nitrogens with zero attached hydrogens (tertiary/aromatic N) is 2. The zero-order valence-corrected chi connectivity index (χ0v) is 12.2. The Morgan fingerprint density at radius 3 is 2.89 bits per heavy atom. The van der Waals surface area contributed by atoms with Gasteiger partial charge in [0, 0.05) is 24.3 Å². The number of rotatable bonds is 4. The largest absolute Gasteiger partial charge is 0.310 e. The minimum absolute atomic E-state index is 0.557. The van der Waals surface area contributed by atoms with E-state index in [1.807, 2.05) is 0 Å². The van der Waals surface area contributed by atoms with Crippen LogP contribution >= 0.6 is 0 Å². The highest BCUT2D eigenvalue weighted by Crippen LogP contribution is 2.30. The predicted octanol–water partition coefficient (Wildman–Crippen LogP) is 3.36. The van der Waals surface area contributed by atoms with E-state index < -0.39 is 0 Å². The third-order valence-electron chi connectivity index (χ3n) is 5.04. The summed E-state index contributed by atoms with van der Waals surface area (Å²) < 4.78 is 2.06. The Bertz CT molecular complexity index is 404. The summed E-state index contributed by atoms with van der Waals surface area (Å²) >= 11 is 0. The van der Waals surface area contributed by atoms with Gasteiger partial charge in [-0.1, -0.05) is 32.1 Å². The molecule has 1 unspecified atom stereocenters. The quantitative estimate of drug-likeness (QED) is 0.900. The van der Waals surface area contributed by atoms with Crippen molar-refractivity contribution in [3.63, 3.8) is 0 Å². The van der Waals surface area contributed by atoms with Crippen molar-refractivity contribution >= 4 is 0 Å². The lowest BCUT2D eigenvalue weighted by atomic mass is 9.86. The first-order valence-electron chi connectivity index (χ1n) is 8.09. The van der Waals surface area contributed by atoms with Crippen molar-refractivity contribution in [3.05, 3.63) is 17.5 Å². The number of hydrogen-bond acceptors (Lipinski definition) is 2. The lowest BCUT2D eigenvalue weighted by Crippen LogP contribution is -2.27. The Hall–Kier alpha value is -0.830. The van der Waals surface area contributed by atoms with Crippen LogP contribution < -0.4 is 5.32 Å². The zero-order valence-electron chi connectivity index (χ0n) is 12.2. The van der Waals surface area contributed by atoms with Crippen molar-refractivity contribution in [2.75, 3.05) is 6.54 Å². The van der Waals surface area contributed by atoms with E-state index in [-0.39, 0.29) is 0 Å². The molecule has 1 N–H and O–H groups in total. The third kappa shape index (κ3) is 3.02. The van der Waals surface area contributed by atoms with E-state index in [4.69, 9.17) is 0 Å². The van der Waals surface area contributed by atoms with E-state index in [1.54, 1.807) is 0 Å². The lowest BCUT2D eigenvalue weighted by molar-refractivity contribution is 0.323. The van der Waals surface area contributed by atoms with Gasteiger partial charge in [0.2, 0.25) is 0 Å². The summed E-state index contributed by atoms with van der Waals surface area (Å²) in [5.74, 6) is 0.984. The van der Waals surface area contributed by atoms with Gasteiger partial charge in [0.25, 0.3) is 0 Å². The standard InChI is InChI=1S/C16H27N3/c1-19-16-9-5-8-15(14(16)12-18-19)17-11-10-13-6-3-2-4-7-13/h12-13,15,17H,2-11H2,1H3. The molecule has 1 heterocycles. The lowest BCUT2D eigenvalue weighted by Gasteiger charge is -2.26. The summed E-state index contributed by atoms with van der Waals surface area (Å²) in [5.41, 5.74) is 2.90. The molecule has 1 fully saturated rings. The van der Waals surface area contributed by atoms with Crippen LogP contribution in [0.15, 0.2) is 6.20 Å². The van der Waals surface area contributed by atoms with Crippen molar-refractivity contribution in [2.24, 2.45) is 13.0 Å². The van der Waals surface area contributed by atoms with Gasteiger partial charge in [-0.3, -0.25) is 4.68 Å². The second-order valence-electron chi connectivity index (χ2n) is 6.36. The number of aryl methyl sites for hydroxylation is 1. The maximum atomic E-state index is 4.42. The topological polar surface area (TPSA) is 29.9 Å². The summed E-state index contributed by atoms with van der Waals surface area (Å²) in [5, 5.41) is 8.21. The van der Waals surface area contributed by atoms with Gasteiger partial charge in [0.1, 0.15) is 0 Å². The molecule has 1 aromatic rings. The highest BCUT2D eigenvalue weighted by Gasteiger charge is 2.23. The molecule has 1 saturated carbocycles. The Kier molecular flexibility index (Phi) is 4.21.